The molecule has 3 rings (SSSR count). The van der Waals surface area contributed by atoms with Gasteiger partial charge in [0.1, 0.15) is 5.75 Å². The largest absolute Gasteiger partial charge is 0.484 e. The van der Waals surface area contributed by atoms with E-state index in [1.54, 1.807) is 44.4 Å². The van der Waals surface area contributed by atoms with Crippen molar-refractivity contribution in [2.45, 2.75) is 13.5 Å². The van der Waals surface area contributed by atoms with E-state index in [1.807, 2.05) is 11.5 Å². The highest BCUT2D eigenvalue weighted by Crippen LogP contribution is 2.32. The molecule has 2 amide bonds. The quantitative estimate of drug-likeness (QED) is 0.396. The second-order valence-electron chi connectivity index (χ2n) is 6.74. The number of aromatic nitrogens is 4. The second kappa shape index (κ2) is 9.67. The van der Waals surface area contributed by atoms with Crippen LogP contribution in [0.15, 0.2) is 36.9 Å². The lowest BCUT2D eigenvalue weighted by molar-refractivity contribution is -0.130. The van der Waals surface area contributed by atoms with Crippen LogP contribution in [0.5, 0.6) is 5.75 Å². The third kappa shape index (κ3) is 5.25. The fraction of sp³-hybridized carbons (Fsp3) is 0.250. The lowest BCUT2D eigenvalue weighted by Gasteiger charge is -2.11. The third-order valence-corrected chi connectivity index (χ3v) is 5.63. The van der Waals surface area contributed by atoms with E-state index in [2.05, 4.69) is 27.1 Å². The van der Waals surface area contributed by atoms with Gasteiger partial charge in [-0.25, -0.2) is 4.98 Å². The maximum absolute atomic E-state index is 12.7. The van der Waals surface area contributed by atoms with Crippen molar-refractivity contribution < 1.29 is 14.3 Å². The number of thiazole rings is 1. The fourth-order valence-electron chi connectivity index (χ4n) is 2.62. The maximum atomic E-state index is 12.7. The van der Waals surface area contributed by atoms with Crippen LogP contribution in [0.1, 0.15) is 16.1 Å². The Morgan fingerprint density at radius 2 is 2.19 bits per heavy atom. The number of hydrogen-bond donors (Lipinski definition) is 2. The van der Waals surface area contributed by atoms with E-state index in [0.717, 1.165) is 10.6 Å². The second-order valence-corrected chi connectivity index (χ2v) is 8.13. The Labute approximate surface area is 188 Å². The van der Waals surface area contributed by atoms with Gasteiger partial charge in [-0.15, -0.1) is 6.58 Å². The molecule has 0 atom stereocenters. The average molecular weight is 459 g/mol. The summed E-state index contributed by atoms with van der Waals surface area (Å²) in [7, 11) is 3.30. The zero-order valence-electron chi connectivity index (χ0n) is 17.3. The monoisotopic (exact) mass is 458 g/mol. The van der Waals surface area contributed by atoms with Crippen molar-refractivity contribution in [1.82, 2.24) is 24.6 Å². The van der Waals surface area contributed by atoms with E-state index in [9.17, 15) is 9.59 Å². The SMILES string of the molecule is C=CCn1c(-c2sc(NC(=O)c3cccc(OCC(=O)N(C)C)c3)nc2C)n[nH]c1=S. The molecule has 0 aliphatic heterocycles. The normalized spacial score (nSPS) is 10.5. The van der Waals surface area contributed by atoms with Gasteiger partial charge in [-0.05, 0) is 37.3 Å². The topological polar surface area (TPSA) is 105 Å². The maximum Gasteiger partial charge on any atom is 0.259 e. The molecule has 0 spiro atoms. The lowest BCUT2D eigenvalue weighted by Crippen LogP contribution is -2.27. The number of aryl methyl sites for hydroxylation is 1. The number of carbonyl (C=O) groups is 2. The molecule has 0 unspecified atom stereocenters. The van der Waals surface area contributed by atoms with Crippen LogP contribution in [-0.4, -0.2) is 57.2 Å². The molecule has 0 bridgehead atoms. The van der Waals surface area contributed by atoms with Gasteiger partial charge in [-0.3, -0.25) is 24.6 Å². The Hall–Kier alpha value is -3.31. The summed E-state index contributed by atoms with van der Waals surface area (Å²) in [5.41, 5.74) is 1.11. The molecule has 1 aromatic carbocycles. The number of carbonyl (C=O) groups excluding carboxylic acids is 2. The average Bonchev–Trinajstić information content (AvgIpc) is 3.28. The van der Waals surface area contributed by atoms with Gasteiger partial charge in [0.15, 0.2) is 22.3 Å². The smallest absolute Gasteiger partial charge is 0.259 e. The summed E-state index contributed by atoms with van der Waals surface area (Å²) in [5.74, 6) is 0.560. The molecule has 0 aliphatic rings. The van der Waals surface area contributed by atoms with Crippen LogP contribution in [-0.2, 0) is 11.3 Å². The van der Waals surface area contributed by atoms with Crippen LogP contribution in [0.2, 0.25) is 0 Å². The predicted octanol–water partition coefficient (Wildman–Crippen LogP) is 3.28. The fourth-order valence-corrected chi connectivity index (χ4v) is 3.78. The van der Waals surface area contributed by atoms with Crippen molar-refractivity contribution in [3.05, 3.63) is 52.9 Å². The summed E-state index contributed by atoms with van der Waals surface area (Å²) in [6.07, 6.45) is 1.73. The number of rotatable bonds is 8. The molecule has 3 aromatic rings. The minimum atomic E-state index is -0.338. The number of aromatic amines is 1. The van der Waals surface area contributed by atoms with E-state index < -0.39 is 0 Å². The van der Waals surface area contributed by atoms with E-state index in [0.29, 0.717) is 33.6 Å². The Morgan fingerprint density at radius 1 is 1.42 bits per heavy atom. The molecule has 2 heterocycles. The Morgan fingerprint density at radius 3 is 2.90 bits per heavy atom. The number of ether oxygens (including phenoxy) is 1. The summed E-state index contributed by atoms with van der Waals surface area (Å²) < 4.78 is 7.77. The standard InChI is InChI=1S/C20H22N6O3S2/c1-5-9-26-17(23-24-20(26)30)16-12(2)21-19(31-16)22-18(28)13-7-6-8-14(10-13)29-11-15(27)25(3)4/h5-8,10H,1,9,11H2,2-4H3,(H,24,30)(H,21,22,28). The highest BCUT2D eigenvalue weighted by Gasteiger charge is 2.18. The van der Waals surface area contributed by atoms with Crippen molar-refractivity contribution in [2.75, 3.05) is 26.0 Å². The van der Waals surface area contributed by atoms with Gasteiger partial charge < -0.3 is 9.64 Å². The number of hydrogen-bond acceptors (Lipinski definition) is 7. The van der Waals surface area contributed by atoms with Crippen LogP contribution >= 0.6 is 23.6 Å². The first-order valence-corrected chi connectivity index (χ1v) is 10.5. The Bertz CT molecular complexity index is 1180. The lowest BCUT2D eigenvalue weighted by atomic mass is 10.2. The molecular formula is C20H22N6O3S2. The van der Waals surface area contributed by atoms with Gasteiger partial charge in [0.05, 0.1) is 10.6 Å². The number of nitrogens with zero attached hydrogens (tertiary/aromatic N) is 4. The summed E-state index contributed by atoms with van der Waals surface area (Å²) in [5, 5.41) is 10.3. The molecule has 2 aromatic heterocycles. The van der Waals surface area contributed by atoms with Gasteiger partial charge in [0.25, 0.3) is 11.8 Å². The zero-order chi connectivity index (χ0) is 22.5. The number of anilines is 1. The number of benzene rings is 1. The number of likely N-dealkylation sites (N-methyl/N-ethyl adjacent to an activating group) is 1. The minimum absolute atomic E-state index is 0.105. The van der Waals surface area contributed by atoms with Gasteiger partial charge >= 0.3 is 0 Å². The summed E-state index contributed by atoms with van der Waals surface area (Å²) in [4.78, 5) is 31.1. The van der Waals surface area contributed by atoms with E-state index in [4.69, 9.17) is 17.0 Å². The molecule has 9 nitrogen and oxygen atoms in total. The van der Waals surface area contributed by atoms with Crippen LogP contribution in [0.25, 0.3) is 10.7 Å². The first-order chi connectivity index (χ1) is 14.8. The van der Waals surface area contributed by atoms with E-state index >= 15 is 0 Å². The highest BCUT2D eigenvalue weighted by molar-refractivity contribution is 7.71. The molecule has 0 fully saturated rings. The van der Waals surface area contributed by atoms with Crippen molar-refractivity contribution in [3.8, 4) is 16.5 Å². The van der Waals surface area contributed by atoms with E-state index in [-0.39, 0.29) is 18.4 Å². The predicted molar refractivity (Wildman–Crippen MR) is 122 cm³/mol. The molecule has 11 heteroatoms. The molecule has 2 N–H and O–H groups in total. The molecule has 31 heavy (non-hydrogen) atoms. The van der Waals surface area contributed by atoms with Crippen LogP contribution in [0, 0.1) is 11.7 Å². The van der Waals surface area contributed by atoms with Crippen molar-refractivity contribution in [2.24, 2.45) is 0 Å². The molecule has 162 valence electrons. The van der Waals surface area contributed by atoms with Crippen molar-refractivity contribution in [1.29, 1.82) is 0 Å². The molecule has 0 saturated carbocycles. The van der Waals surface area contributed by atoms with Crippen LogP contribution in [0.3, 0.4) is 0 Å². The number of nitrogens with one attached hydrogen (secondary N) is 2. The third-order valence-electron chi connectivity index (χ3n) is 4.25. The summed E-state index contributed by atoms with van der Waals surface area (Å²) in [6.45, 7) is 5.98. The van der Waals surface area contributed by atoms with Gasteiger partial charge in [-0.2, -0.15) is 5.10 Å². The van der Waals surface area contributed by atoms with Gasteiger partial charge in [-0.1, -0.05) is 23.5 Å². The van der Waals surface area contributed by atoms with E-state index in [1.165, 1.54) is 16.2 Å². The molecule has 0 radical (unpaired) electrons. The van der Waals surface area contributed by atoms with Crippen molar-refractivity contribution in [3.63, 3.8) is 0 Å². The molecule has 0 saturated heterocycles. The summed E-state index contributed by atoms with van der Waals surface area (Å²) in [6, 6.07) is 6.62. The van der Waals surface area contributed by atoms with Crippen LogP contribution < -0.4 is 10.1 Å². The van der Waals surface area contributed by atoms with Crippen LogP contribution in [0.4, 0.5) is 5.13 Å². The molecule has 0 aliphatic carbocycles. The Kier molecular flexibility index (Phi) is 6.98. The first-order valence-electron chi connectivity index (χ1n) is 9.28. The van der Waals surface area contributed by atoms with Gasteiger partial charge in [0, 0.05) is 26.2 Å². The first kappa shape index (κ1) is 22.4. The zero-order valence-corrected chi connectivity index (χ0v) is 19.0. The minimum Gasteiger partial charge on any atom is -0.484 e. The summed E-state index contributed by atoms with van der Waals surface area (Å²) >= 11 is 6.56. The van der Waals surface area contributed by atoms with Gasteiger partial charge in [0.2, 0.25) is 0 Å². The highest BCUT2D eigenvalue weighted by atomic mass is 32.1. The molecular weight excluding hydrogens is 436 g/mol. The van der Waals surface area contributed by atoms with Crippen molar-refractivity contribution >= 4 is 40.5 Å². The number of H-pyrrole nitrogens is 1. The number of amides is 2. The Balaban J connectivity index is 1.76. The number of allylic oxidation sites excluding steroid dienone is 1.